The summed E-state index contributed by atoms with van der Waals surface area (Å²) in [6, 6.07) is 11.3. The quantitative estimate of drug-likeness (QED) is 0.396. The molecule has 3 rings (SSSR count). The summed E-state index contributed by atoms with van der Waals surface area (Å²) in [4.78, 5) is 0. The summed E-state index contributed by atoms with van der Waals surface area (Å²) in [5.74, 6) is 0. The molecule has 0 radical (unpaired) electrons. The first-order valence-corrected chi connectivity index (χ1v) is 7.62. The van der Waals surface area contributed by atoms with Crippen LogP contribution in [0.5, 0.6) is 0 Å². The number of hydrogen-bond acceptors (Lipinski definition) is 2. The maximum absolute atomic E-state index is 6.13. The average Bonchev–Trinajstić information content (AvgIpc) is 2.59. The molecule has 2 nitrogen and oxygen atoms in total. The molecule has 2 aromatic rings. The Morgan fingerprint density at radius 2 is 1.18 bits per heavy atom. The maximum atomic E-state index is 6.13. The van der Waals surface area contributed by atoms with Gasteiger partial charge in [-0.25, -0.2) is 0 Å². The van der Waals surface area contributed by atoms with Crippen LogP contribution >= 0.6 is 46.4 Å². The van der Waals surface area contributed by atoms with Gasteiger partial charge in [-0.2, -0.15) is 0 Å². The third-order valence-corrected chi connectivity index (χ3v) is 4.36. The van der Waals surface area contributed by atoms with E-state index in [2.05, 4.69) is 9.47 Å². The first-order chi connectivity index (χ1) is 10.6. The molecule has 0 spiro atoms. The van der Waals surface area contributed by atoms with E-state index in [0.717, 1.165) is 11.1 Å². The highest BCUT2D eigenvalue weighted by atomic mass is 35.5. The van der Waals surface area contributed by atoms with Crippen LogP contribution < -0.4 is 0 Å². The fourth-order valence-corrected chi connectivity index (χ4v) is 2.53. The average molecular weight is 376 g/mol. The van der Waals surface area contributed by atoms with Crippen molar-refractivity contribution in [3.05, 3.63) is 81.5 Å². The lowest BCUT2D eigenvalue weighted by atomic mass is 10.1. The van der Waals surface area contributed by atoms with Crippen LogP contribution in [-0.2, 0) is 9.47 Å². The van der Waals surface area contributed by atoms with E-state index in [9.17, 15) is 0 Å². The van der Waals surface area contributed by atoms with E-state index >= 15 is 0 Å². The molecular formula is C16H10Cl4O2. The van der Waals surface area contributed by atoms with Crippen molar-refractivity contribution in [1.82, 2.24) is 0 Å². The van der Waals surface area contributed by atoms with Gasteiger partial charge in [-0.3, -0.25) is 0 Å². The van der Waals surface area contributed by atoms with Gasteiger partial charge in [0.15, 0.2) is 0 Å². The van der Waals surface area contributed by atoms with Crippen LogP contribution in [0, 0.1) is 0 Å². The number of benzene rings is 2. The normalized spacial score (nSPS) is 12.0. The zero-order valence-electron chi connectivity index (χ0n) is 11.1. The lowest BCUT2D eigenvalue weighted by Gasteiger charge is -2.09. The van der Waals surface area contributed by atoms with Crippen molar-refractivity contribution in [3.8, 4) is 11.1 Å². The van der Waals surface area contributed by atoms with Gasteiger partial charge < -0.3 is 9.47 Å². The molecule has 0 N–H and O–H groups in total. The van der Waals surface area contributed by atoms with E-state index in [0.29, 0.717) is 10.0 Å². The lowest BCUT2D eigenvalue weighted by molar-refractivity contribution is 0.290. The molecule has 0 unspecified atom stereocenters. The van der Waals surface area contributed by atoms with Crippen LogP contribution in [0.1, 0.15) is 0 Å². The van der Waals surface area contributed by atoms with Gasteiger partial charge in [-0.15, -0.1) is 0 Å². The molecule has 0 aliphatic carbocycles. The Hall–Kier alpha value is -1.32. The van der Waals surface area contributed by atoms with Crippen molar-refractivity contribution in [3.63, 3.8) is 0 Å². The van der Waals surface area contributed by atoms with E-state index in [-0.39, 0.29) is 10.0 Å². The van der Waals surface area contributed by atoms with Gasteiger partial charge in [0, 0.05) is 5.56 Å². The number of hydrogen-bond donors (Lipinski definition) is 0. The van der Waals surface area contributed by atoms with Gasteiger partial charge in [0.25, 0.3) is 0 Å². The molecule has 0 aromatic heterocycles. The Morgan fingerprint density at radius 3 is 1.68 bits per heavy atom. The lowest BCUT2D eigenvalue weighted by Crippen LogP contribution is -1.83. The molecule has 2 aromatic carbocycles. The summed E-state index contributed by atoms with van der Waals surface area (Å²) >= 11 is 24.0. The van der Waals surface area contributed by atoms with E-state index in [1.54, 1.807) is 6.07 Å². The molecule has 0 fully saturated rings. The van der Waals surface area contributed by atoms with E-state index in [1.165, 1.54) is 25.0 Å². The first kappa shape index (κ1) is 17.0. The van der Waals surface area contributed by atoms with E-state index in [4.69, 9.17) is 46.4 Å². The monoisotopic (exact) mass is 374 g/mol. The fraction of sp³-hybridized carbons (Fsp3) is 0. The predicted octanol–water partition coefficient (Wildman–Crippen LogP) is 6.94. The molecule has 0 saturated carbocycles. The van der Waals surface area contributed by atoms with Crippen molar-refractivity contribution in [2.45, 2.75) is 0 Å². The topological polar surface area (TPSA) is 18.5 Å². The van der Waals surface area contributed by atoms with Gasteiger partial charge in [0.1, 0.15) is 25.0 Å². The second-order valence-electron chi connectivity index (χ2n) is 4.03. The van der Waals surface area contributed by atoms with Crippen LogP contribution in [0.2, 0.25) is 20.1 Å². The highest BCUT2D eigenvalue weighted by molar-refractivity contribution is 6.52. The summed E-state index contributed by atoms with van der Waals surface area (Å²) in [6.45, 7) is 0. The second-order valence-corrected chi connectivity index (χ2v) is 5.57. The molecule has 0 amide bonds. The fourth-order valence-electron chi connectivity index (χ4n) is 1.62. The van der Waals surface area contributed by atoms with Gasteiger partial charge in [-0.1, -0.05) is 76.7 Å². The van der Waals surface area contributed by atoms with Crippen molar-refractivity contribution in [2.24, 2.45) is 0 Å². The summed E-state index contributed by atoms with van der Waals surface area (Å²) < 4.78 is 9.17. The summed E-state index contributed by atoms with van der Waals surface area (Å²) in [5.41, 5.74) is 1.73. The Kier molecular flexibility index (Phi) is 6.47. The Morgan fingerprint density at radius 1 is 0.636 bits per heavy atom. The van der Waals surface area contributed by atoms with E-state index in [1.807, 2.05) is 30.3 Å². The van der Waals surface area contributed by atoms with Gasteiger partial charge >= 0.3 is 0 Å². The molecule has 6 heteroatoms. The highest BCUT2D eigenvalue weighted by Crippen LogP contribution is 2.42. The Labute approximate surface area is 148 Å². The summed E-state index contributed by atoms with van der Waals surface area (Å²) in [6.07, 6.45) is 5.83. The molecule has 0 atom stereocenters. The van der Waals surface area contributed by atoms with Crippen LogP contribution in [0.3, 0.4) is 0 Å². The smallest absolute Gasteiger partial charge is 0.125 e. The molecule has 1 aliphatic rings. The van der Waals surface area contributed by atoms with Gasteiger partial charge in [-0.05, 0) is 11.6 Å². The zero-order valence-corrected chi connectivity index (χ0v) is 14.1. The van der Waals surface area contributed by atoms with Gasteiger partial charge in [0.2, 0.25) is 0 Å². The first-order valence-electron chi connectivity index (χ1n) is 6.10. The largest absolute Gasteiger partial charge is 0.466 e. The zero-order chi connectivity index (χ0) is 15.9. The minimum Gasteiger partial charge on any atom is -0.466 e. The minimum absolute atomic E-state index is 0.285. The van der Waals surface area contributed by atoms with Crippen molar-refractivity contribution in [1.29, 1.82) is 0 Å². The van der Waals surface area contributed by atoms with Crippen molar-refractivity contribution in [2.75, 3.05) is 0 Å². The van der Waals surface area contributed by atoms with Crippen LogP contribution in [0.25, 0.3) is 11.1 Å². The molecule has 0 saturated heterocycles. The standard InChI is InChI=1S/C12H6Cl4.C4H4O2/c13-9-6-8(7-4-2-1-3-5-7)10(14)12(16)11(9)15;1-2-6-4-3-5-1/h1-6H;1-4H. The Balaban J connectivity index is 0.000000246. The maximum Gasteiger partial charge on any atom is 0.125 e. The number of rotatable bonds is 1. The molecule has 1 aliphatic heterocycles. The molecule has 22 heavy (non-hydrogen) atoms. The summed E-state index contributed by atoms with van der Waals surface area (Å²) in [5, 5.41) is 1.39. The second kappa shape index (κ2) is 8.35. The molecule has 0 bridgehead atoms. The highest BCUT2D eigenvalue weighted by Gasteiger charge is 2.13. The van der Waals surface area contributed by atoms with E-state index < -0.39 is 0 Å². The van der Waals surface area contributed by atoms with Gasteiger partial charge in [0.05, 0.1) is 20.1 Å². The minimum atomic E-state index is 0.285. The van der Waals surface area contributed by atoms with Crippen LogP contribution in [0.15, 0.2) is 61.4 Å². The van der Waals surface area contributed by atoms with Crippen LogP contribution in [0.4, 0.5) is 0 Å². The SMILES string of the molecule is C1=COC=CO1.Clc1cc(-c2ccccc2)c(Cl)c(Cl)c1Cl. The molecular weight excluding hydrogens is 366 g/mol. The van der Waals surface area contributed by atoms with Crippen molar-refractivity contribution < 1.29 is 9.47 Å². The third-order valence-electron chi connectivity index (χ3n) is 2.61. The predicted molar refractivity (Wildman–Crippen MR) is 92.4 cm³/mol. The third kappa shape index (κ3) is 4.34. The molecule has 114 valence electrons. The number of halogens is 4. The van der Waals surface area contributed by atoms with Crippen molar-refractivity contribution >= 4 is 46.4 Å². The van der Waals surface area contributed by atoms with Crippen LogP contribution in [-0.4, -0.2) is 0 Å². The summed E-state index contributed by atoms with van der Waals surface area (Å²) in [7, 11) is 0. The Bertz CT molecular complexity index is 677. The molecule has 1 heterocycles. The number of ether oxygens (including phenoxy) is 2.